The van der Waals surface area contributed by atoms with E-state index in [9.17, 15) is 19.8 Å². The van der Waals surface area contributed by atoms with Crippen LogP contribution in [-0.4, -0.2) is 10.2 Å². The summed E-state index contributed by atoms with van der Waals surface area (Å²) in [5.41, 5.74) is 1.46. The predicted octanol–water partition coefficient (Wildman–Crippen LogP) is 7.64. The fourth-order valence-electron chi connectivity index (χ4n) is 3.91. The molecule has 0 aliphatic carbocycles. The zero-order valence-electron chi connectivity index (χ0n) is 19.5. The number of phenols is 2. The van der Waals surface area contributed by atoms with E-state index in [1.807, 2.05) is 60.7 Å². The Morgan fingerprint density at radius 3 is 1.71 bits per heavy atom. The van der Waals surface area contributed by atoms with Crippen molar-refractivity contribution in [1.29, 1.82) is 0 Å². The molecule has 2 heterocycles. The first kappa shape index (κ1) is 25.1. The first-order chi connectivity index (χ1) is 18.3. The summed E-state index contributed by atoms with van der Waals surface area (Å²) < 4.78 is 11.3. The van der Waals surface area contributed by atoms with Gasteiger partial charge in [0.15, 0.2) is 16.4 Å². The van der Waals surface area contributed by atoms with Crippen LogP contribution in [0.25, 0.3) is 44.6 Å². The van der Waals surface area contributed by atoms with E-state index < -0.39 is 0 Å². The molecule has 0 fully saturated rings. The number of rotatable bonds is 2. The van der Waals surface area contributed by atoms with E-state index in [-0.39, 0.29) is 43.7 Å². The minimum atomic E-state index is -0.319. The molecule has 0 aliphatic rings. The van der Waals surface area contributed by atoms with Crippen LogP contribution in [0.5, 0.6) is 11.5 Å². The maximum atomic E-state index is 12.1. The van der Waals surface area contributed by atoms with E-state index in [0.29, 0.717) is 22.1 Å². The van der Waals surface area contributed by atoms with E-state index in [1.165, 1.54) is 30.3 Å². The number of hydrogen-bond donors (Lipinski definition) is 2. The van der Waals surface area contributed by atoms with Crippen LogP contribution in [0.3, 0.4) is 0 Å². The fourth-order valence-corrected chi connectivity index (χ4v) is 4.27. The molecule has 2 aromatic heterocycles. The smallest absolute Gasteiger partial charge is 0.197 e. The van der Waals surface area contributed by atoms with Gasteiger partial charge in [0.25, 0.3) is 0 Å². The van der Waals surface area contributed by atoms with Crippen molar-refractivity contribution in [3.8, 4) is 34.1 Å². The standard InChI is InChI=1S/2C15H9ClO3/c16-10-6-7-12-14(15(10)18)11(17)8-13(19-12)9-4-2-1-3-5-9;16-10-6-7-11(17)14-12(18)8-13(19-15(10)14)9-4-2-1-3-5-9/h1-8,18H;1-8,17H. The molecule has 188 valence electrons. The lowest BCUT2D eigenvalue weighted by atomic mass is 10.1. The van der Waals surface area contributed by atoms with Gasteiger partial charge >= 0.3 is 0 Å². The first-order valence-electron chi connectivity index (χ1n) is 11.3. The predicted molar refractivity (Wildman–Crippen MR) is 149 cm³/mol. The van der Waals surface area contributed by atoms with E-state index in [0.717, 1.165) is 11.1 Å². The molecule has 2 N–H and O–H groups in total. The third-order valence-electron chi connectivity index (χ3n) is 5.74. The Morgan fingerprint density at radius 1 is 0.579 bits per heavy atom. The summed E-state index contributed by atoms with van der Waals surface area (Å²) in [7, 11) is 0. The van der Waals surface area contributed by atoms with Crippen molar-refractivity contribution >= 4 is 45.1 Å². The highest BCUT2D eigenvalue weighted by atomic mass is 35.5. The average molecular weight is 545 g/mol. The lowest BCUT2D eigenvalue weighted by molar-refractivity contribution is 0.479. The van der Waals surface area contributed by atoms with Crippen molar-refractivity contribution in [2.45, 2.75) is 0 Å². The Labute approximate surface area is 225 Å². The van der Waals surface area contributed by atoms with Crippen LogP contribution in [0, 0.1) is 0 Å². The van der Waals surface area contributed by atoms with Crippen molar-refractivity contribution in [3.63, 3.8) is 0 Å². The van der Waals surface area contributed by atoms with Crippen LogP contribution in [-0.2, 0) is 0 Å². The van der Waals surface area contributed by atoms with Crippen molar-refractivity contribution in [3.05, 3.63) is 128 Å². The number of aromatic hydroxyl groups is 2. The summed E-state index contributed by atoms with van der Waals surface area (Å²) in [5.74, 6) is 0.505. The summed E-state index contributed by atoms with van der Waals surface area (Å²) in [4.78, 5) is 24.1. The largest absolute Gasteiger partial charge is 0.507 e. The Morgan fingerprint density at radius 2 is 1.11 bits per heavy atom. The summed E-state index contributed by atoms with van der Waals surface area (Å²) in [6, 6.07) is 27.2. The van der Waals surface area contributed by atoms with Crippen LogP contribution in [0.1, 0.15) is 0 Å². The second-order valence-corrected chi connectivity index (χ2v) is 9.04. The van der Waals surface area contributed by atoms with Crippen LogP contribution in [0.2, 0.25) is 10.0 Å². The molecule has 0 unspecified atom stereocenters. The van der Waals surface area contributed by atoms with Gasteiger partial charge in [0.05, 0.1) is 10.0 Å². The number of benzene rings is 4. The van der Waals surface area contributed by atoms with Gasteiger partial charge in [-0.05, 0) is 24.3 Å². The molecule has 6 rings (SSSR count). The highest BCUT2D eigenvalue weighted by molar-refractivity contribution is 6.35. The van der Waals surface area contributed by atoms with Crippen LogP contribution in [0.15, 0.2) is 115 Å². The normalized spacial score (nSPS) is 10.8. The van der Waals surface area contributed by atoms with Gasteiger partial charge in [0.2, 0.25) is 0 Å². The van der Waals surface area contributed by atoms with Crippen LogP contribution >= 0.6 is 23.2 Å². The second kappa shape index (κ2) is 10.5. The minimum absolute atomic E-state index is 0.104. The van der Waals surface area contributed by atoms with Crippen molar-refractivity contribution in [1.82, 2.24) is 0 Å². The molecule has 0 atom stereocenters. The lowest BCUT2D eigenvalue weighted by Crippen LogP contribution is -2.01. The van der Waals surface area contributed by atoms with E-state index in [1.54, 1.807) is 6.07 Å². The highest BCUT2D eigenvalue weighted by Crippen LogP contribution is 2.33. The number of hydrogen-bond acceptors (Lipinski definition) is 6. The van der Waals surface area contributed by atoms with Gasteiger partial charge in [-0.25, -0.2) is 0 Å². The van der Waals surface area contributed by atoms with Gasteiger partial charge in [-0.2, -0.15) is 0 Å². The van der Waals surface area contributed by atoms with Gasteiger partial charge in [0.1, 0.15) is 39.4 Å². The van der Waals surface area contributed by atoms with E-state index in [4.69, 9.17) is 32.0 Å². The maximum absolute atomic E-state index is 12.1. The molecule has 0 spiro atoms. The Hall–Kier alpha value is -4.52. The van der Waals surface area contributed by atoms with Crippen molar-refractivity contribution in [2.75, 3.05) is 0 Å². The van der Waals surface area contributed by atoms with Crippen LogP contribution < -0.4 is 10.9 Å². The number of phenolic OH excluding ortho intramolecular Hbond substituents is 2. The zero-order chi connectivity index (χ0) is 26.8. The average Bonchev–Trinajstić information content (AvgIpc) is 2.93. The quantitative estimate of drug-likeness (QED) is 0.232. The molecule has 8 heteroatoms. The molecule has 4 aromatic carbocycles. The minimum Gasteiger partial charge on any atom is -0.507 e. The molecule has 0 saturated carbocycles. The third kappa shape index (κ3) is 4.87. The molecule has 6 aromatic rings. The lowest BCUT2D eigenvalue weighted by Gasteiger charge is -2.05. The molecule has 0 amide bonds. The molecule has 0 radical (unpaired) electrons. The SMILES string of the molecule is O=c1cc(-c2ccccc2)oc2c(Cl)ccc(O)c12.O=c1cc(-c2ccccc2)oc2ccc(Cl)c(O)c12. The van der Waals surface area contributed by atoms with Gasteiger partial charge in [0, 0.05) is 23.3 Å². The first-order valence-corrected chi connectivity index (χ1v) is 12.1. The number of fused-ring (bicyclic) bond motifs is 2. The van der Waals surface area contributed by atoms with Gasteiger partial charge in [-0.1, -0.05) is 83.9 Å². The Bertz CT molecular complexity index is 1870. The molecule has 0 aliphatic heterocycles. The zero-order valence-corrected chi connectivity index (χ0v) is 21.0. The second-order valence-electron chi connectivity index (χ2n) is 8.22. The topological polar surface area (TPSA) is 101 Å². The Balaban J connectivity index is 0.000000155. The fraction of sp³-hybridized carbons (Fsp3) is 0. The van der Waals surface area contributed by atoms with Gasteiger partial charge in [-0.15, -0.1) is 0 Å². The van der Waals surface area contributed by atoms with E-state index in [2.05, 4.69) is 0 Å². The summed E-state index contributed by atoms with van der Waals surface area (Å²) in [6.45, 7) is 0. The molecule has 0 saturated heterocycles. The van der Waals surface area contributed by atoms with Crippen molar-refractivity contribution < 1.29 is 19.0 Å². The van der Waals surface area contributed by atoms with Gasteiger partial charge < -0.3 is 19.0 Å². The number of halogens is 2. The van der Waals surface area contributed by atoms with Gasteiger partial charge in [-0.3, -0.25) is 9.59 Å². The van der Waals surface area contributed by atoms with Crippen LogP contribution in [0.4, 0.5) is 0 Å². The molecular formula is C30H18Cl2O6. The molecular weight excluding hydrogens is 527 g/mol. The summed E-state index contributed by atoms with van der Waals surface area (Å²) >= 11 is 11.8. The Kier molecular flexibility index (Phi) is 6.92. The highest BCUT2D eigenvalue weighted by Gasteiger charge is 2.14. The monoisotopic (exact) mass is 544 g/mol. The van der Waals surface area contributed by atoms with E-state index >= 15 is 0 Å². The third-order valence-corrected chi connectivity index (χ3v) is 6.35. The summed E-state index contributed by atoms with van der Waals surface area (Å²) in [5, 5.41) is 20.2. The molecule has 38 heavy (non-hydrogen) atoms. The molecule has 0 bridgehead atoms. The van der Waals surface area contributed by atoms with Crippen molar-refractivity contribution in [2.24, 2.45) is 0 Å². The molecule has 6 nitrogen and oxygen atoms in total. The summed E-state index contributed by atoms with van der Waals surface area (Å²) in [6.07, 6.45) is 0. The maximum Gasteiger partial charge on any atom is 0.197 e.